The lowest BCUT2D eigenvalue weighted by Gasteiger charge is -2.05. The zero-order valence-electron chi connectivity index (χ0n) is 15.2. The van der Waals surface area contributed by atoms with Crippen molar-refractivity contribution in [1.29, 1.82) is 0 Å². The van der Waals surface area contributed by atoms with Crippen LogP contribution in [0.5, 0.6) is 0 Å². The highest BCUT2D eigenvalue weighted by Crippen LogP contribution is 2.18. The first kappa shape index (κ1) is 19.9. The van der Waals surface area contributed by atoms with Crippen LogP contribution in [0.15, 0.2) is 23.6 Å². The lowest BCUT2D eigenvalue weighted by molar-refractivity contribution is -0.118. The Kier molecular flexibility index (Phi) is 7.58. The van der Waals surface area contributed by atoms with E-state index in [1.165, 1.54) is 22.8 Å². The van der Waals surface area contributed by atoms with Crippen molar-refractivity contribution in [3.63, 3.8) is 0 Å². The first-order valence-corrected chi connectivity index (χ1v) is 9.49. The zero-order valence-corrected chi connectivity index (χ0v) is 16.0. The van der Waals surface area contributed by atoms with Gasteiger partial charge in [-0.15, -0.1) is 0 Å². The van der Waals surface area contributed by atoms with Gasteiger partial charge in [-0.1, -0.05) is 25.1 Å². The van der Waals surface area contributed by atoms with E-state index in [-0.39, 0.29) is 11.7 Å². The standard InChI is InChI=1S/C17H23N5O3S/c1-4-6-7-18-15(23)10-26-16-8-14(19-11-20-16)22-9-13(12(3)21-22)17(24)25-5-2/h8-9,11H,4-7,10H2,1-3H3,(H,18,23). The van der Waals surface area contributed by atoms with Gasteiger partial charge in [0.05, 0.1) is 18.1 Å². The molecular weight excluding hydrogens is 354 g/mol. The van der Waals surface area contributed by atoms with Crippen LogP contribution < -0.4 is 5.32 Å². The van der Waals surface area contributed by atoms with E-state index in [2.05, 4.69) is 27.3 Å². The van der Waals surface area contributed by atoms with Gasteiger partial charge < -0.3 is 10.1 Å². The first-order valence-electron chi connectivity index (χ1n) is 8.50. The molecule has 2 heterocycles. The number of carbonyl (C=O) groups is 2. The van der Waals surface area contributed by atoms with Crippen LogP contribution >= 0.6 is 11.8 Å². The highest BCUT2D eigenvalue weighted by Gasteiger charge is 2.16. The van der Waals surface area contributed by atoms with Gasteiger partial charge in [-0.2, -0.15) is 5.10 Å². The fourth-order valence-electron chi connectivity index (χ4n) is 2.12. The molecule has 0 aliphatic heterocycles. The number of hydrogen-bond donors (Lipinski definition) is 1. The summed E-state index contributed by atoms with van der Waals surface area (Å²) in [5.41, 5.74) is 0.960. The molecule has 140 valence electrons. The molecule has 0 aliphatic carbocycles. The summed E-state index contributed by atoms with van der Waals surface area (Å²) in [4.78, 5) is 32.0. The molecule has 0 saturated carbocycles. The van der Waals surface area contributed by atoms with Gasteiger partial charge in [-0.05, 0) is 20.3 Å². The number of esters is 1. The topological polar surface area (TPSA) is 99.0 Å². The number of aromatic nitrogens is 4. The Hall–Kier alpha value is -2.42. The maximum Gasteiger partial charge on any atom is 0.341 e. The van der Waals surface area contributed by atoms with Crippen molar-refractivity contribution in [1.82, 2.24) is 25.1 Å². The lowest BCUT2D eigenvalue weighted by Crippen LogP contribution is -2.26. The van der Waals surface area contributed by atoms with Gasteiger partial charge in [0, 0.05) is 18.8 Å². The van der Waals surface area contributed by atoms with Gasteiger partial charge in [0.25, 0.3) is 0 Å². The molecule has 0 spiro atoms. The molecule has 1 N–H and O–H groups in total. The summed E-state index contributed by atoms with van der Waals surface area (Å²) in [6, 6.07) is 1.73. The number of thioether (sulfide) groups is 1. The molecule has 0 bridgehead atoms. The van der Waals surface area contributed by atoms with Crippen LogP contribution in [0.4, 0.5) is 0 Å². The Labute approximate surface area is 156 Å². The van der Waals surface area contributed by atoms with E-state index < -0.39 is 5.97 Å². The maximum absolute atomic E-state index is 11.9. The van der Waals surface area contributed by atoms with Crippen molar-refractivity contribution in [2.75, 3.05) is 18.9 Å². The molecule has 9 heteroatoms. The number of rotatable bonds is 9. The number of hydrogen-bond acceptors (Lipinski definition) is 7. The third-order valence-corrected chi connectivity index (χ3v) is 4.39. The molecular formula is C17H23N5O3S. The molecule has 0 aliphatic rings. The van der Waals surface area contributed by atoms with E-state index in [4.69, 9.17) is 4.74 Å². The Morgan fingerprint density at radius 3 is 2.85 bits per heavy atom. The smallest absolute Gasteiger partial charge is 0.341 e. The normalized spacial score (nSPS) is 10.6. The zero-order chi connectivity index (χ0) is 18.9. The van der Waals surface area contributed by atoms with Gasteiger partial charge in [-0.25, -0.2) is 19.4 Å². The molecule has 2 aromatic rings. The second-order valence-corrected chi connectivity index (χ2v) is 6.50. The van der Waals surface area contributed by atoms with Gasteiger partial charge in [-0.3, -0.25) is 4.79 Å². The van der Waals surface area contributed by atoms with E-state index in [0.29, 0.717) is 35.3 Å². The largest absolute Gasteiger partial charge is 0.462 e. The second kappa shape index (κ2) is 9.91. The number of ether oxygens (including phenoxy) is 1. The molecule has 8 nitrogen and oxygen atoms in total. The second-order valence-electron chi connectivity index (χ2n) is 5.50. The number of nitrogens with zero attached hydrogens (tertiary/aromatic N) is 4. The molecule has 2 aromatic heterocycles. The Morgan fingerprint density at radius 2 is 2.12 bits per heavy atom. The fraction of sp³-hybridized carbons (Fsp3) is 0.471. The third-order valence-electron chi connectivity index (χ3n) is 3.46. The van der Waals surface area contributed by atoms with Crippen molar-refractivity contribution in [2.45, 2.75) is 38.6 Å². The van der Waals surface area contributed by atoms with Crippen LogP contribution in [-0.2, 0) is 9.53 Å². The summed E-state index contributed by atoms with van der Waals surface area (Å²) >= 11 is 1.32. The van der Waals surface area contributed by atoms with Crippen LogP contribution in [0.1, 0.15) is 42.7 Å². The van der Waals surface area contributed by atoms with E-state index in [1.54, 1.807) is 26.1 Å². The van der Waals surface area contributed by atoms with E-state index in [9.17, 15) is 9.59 Å². The molecule has 0 radical (unpaired) electrons. The summed E-state index contributed by atoms with van der Waals surface area (Å²) in [7, 11) is 0. The summed E-state index contributed by atoms with van der Waals surface area (Å²) in [6.45, 7) is 6.56. The van der Waals surface area contributed by atoms with Crippen LogP contribution in [0, 0.1) is 6.92 Å². The van der Waals surface area contributed by atoms with E-state index in [1.807, 2.05) is 0 Å². The molecule has 0 aromatic carbocycles. The van der Waals surface area contributed by atoms with Crippen molar-refractivity contribution >= 4 is 23.6 Å². The monoisotopic (exact) mass is 377 g/mol. The summed E-state index contributed by atoms with van der Waals surface area (Å²) < 4.78 is 6.52. The van der Waals surface area contributed by atoms with Crippen molar-refractivity contribution < 1.29 is 14.3 Å². The van der Waals surface area contributed by atoms with Gasteiger partial charge >= 0.3 is 5.97 Å². The molecule has 26 heavy (non-hydrogen) atoms. The minimum atomic E-state index is -0.413. The summed E-state index contributed by atoms with van der Waals surface area (Å²) in [6.07, 6.45) is 5.00. The molecule has 1 amide bonds. The van der Waals surface area contributed by atoms with E-state index in [0.717, 1.165) is 12.8 Å². The summed E-state index contributed by atoms with van der Waals surface area (Å²) in [5.74, 6) is 0.367. The fourth-order valence-corrected chi connectivity index (χ4v) is 2.81. The average molecular weight is 377 g/mol. The van der Waals surface area contributed by atoms with Gasteiger partial charge in [0.1, 0.15) is 16.9 Å². The SMILES string of the molecule is CCCCNC(=O)CSc1cc(-n2cc(C(=O)OCC)c(C)n2)ncn1. The van der Waals surface area contributed by atoms with Crippen LogP contribution in [0.25, 0.3) is 5.82 Å². The van der Waals surface area contributed by atoms with Crippen LogP contribution in [0.2, 0.25) is 0 Å². The number of amides is 1. The van der Waals surface area contributed by atoms with Crippen molar-refractivity contribution in [3.05, 3.63) is 29.8 Å². The van der Waals surface area contributed by atoms with Crippen LogP contribution in [0.3, 0.4) is 0 Å². The minimum Gasteiger partial charge on any atom is -0.462 e. The molecule has 0 saturated heterocycles. The Balaban J connectivity index is 2.04. The number of aryl methyl sites for hydroxylation is 1. The molecule has 0 fully saturated rings. The predicted molar refractivity (Wildman–Crippen MR) is 98.5 cm³/mol. The minimum absolute atomic E-state index is 0.0249. The quantitative estimate of drug-likeness (QED) is 0.309. The Morgan fingerprint density at radius 1 is 1.31 bits per heavy atom. The van der Waals surface area contributed by atoms with E-state index >= 15 is 0 Å². The molecule has 2 rings (SSSR count). The van der Waals surface area contributed by atoms with Gasteiger partial charge in [0.2, 0.25) is 5.91 Å². The number of nitrogens with one attached hydrogen (secondary N) is 1. The summed E-state index contributed by atoms with van der Waals surface area (Å²) in [5, 5.41) is 7.83. The number of unbranched alkanes of at least 4 members (excludes halogenated alkanes) is 1. The Bertz CT molecular complexity index is 763. The molecule has 0 unspecified atom stereocenters. The highest BCUT2D eigenvalue weighted by molar-refractivity contribution is 7.99. The maximum atomic E-state index is 11.9. The van der Waals surface area contributed by atoms with Crippen molar-refractivity contribution in [3.8, 4) is 5.82 Å². The van der Waals surface area contributed by atoms with Gasteiger partial charge in [0.15, 0.2) is 5.82 Å². The first-order chi connectivity index (χ1) is 12.5. The molecule has 0 atom stereocenters. The number of carbonyl (C=O) groups excluding carboxylic acids is 2. The van der Waals surface area contributed by atoms with Crippen molar-refractivity contribution in [2.24, 2.45) is 0 Å². The highest BCUT2D eigenvalue weighted by atomic mass is 32.2. The third kappa shape index (κ3) is 5.55. The average Bonchev–Trinajstić information content (AvgIpc) is 3.03. The lowest BCUT2D eigenvalue weighted by atomic mass is 10.3. The van der Waals surface area contributed by atoms with Crippen LogP contribution in [-0.4, -0.2) is 50.5 Å². The predicted octanol–water partition coefficient (Wildman–Crippen LogP) is 2.16.